The molecule has 7 nitrogen and oxygen atoms in total. The Hall–Kier alpha value is -2.70. The van der Waals surface area contributed by atoms with E-state index >= 15 is 0 Å². The SMILES string of the molecule is COc1ccc(CNC(=O)N2CCC(Cn3cccn3)CC2)cc1OC. The number of hydrogen-bond acceptors (Lipinski definition) is 4. The van der Waals surface area contributed by atoms with Gasteiger partial charge in [-0.15, -0.1) is 0 Å². The van der Waals surface area contributed by atoms with Gasteiger partial charge in [0.25, 0.3) is 0 Å². The summed E-state index contributed by atoms with van der Waals surface area (Å²) in [4.78, 5) is 14.3. The fourth-order valence-electron chi connectivity index (χ4n) is 3.27. The van der Waals surface area contributed by atoms with Crippen LogP contribution in [-0.4, -0.2) is 48.0 Å². The molecule has 0 bridgehead atoms. The molecule has 2 aromatic rings. The normalized spacial score (nSPS) is 14.9. The van der Waals surface area contributed by atoms with Crippen LogP contribution in [-0.2, 0) is 13.1 Å². The Bertz CT molecular complexity index is 710. The Kier molecular flexibility index (Phi) is 5.99. The highest BCUT2D eigenvalue weighted by Crippen LogP contribution is 2.27. The van der Waals surface area contributed by atoms with E-state index in [9.17, 15) is 4.79 Å². The van der Waals surface area contributed by atoms with Gasteiger partial charge in [0, 0.05) is 38.6 Å². The first-order valence-corrected chi connectivity index (χ1v) is 8.90. The molecule has 7 heteroatoms. The lowest BCUT2D eigenvalue weighted by Crippen LogP contribution is -2.44. The second-order valence-electron chi connectivity index (χ2n) is 6.51. The second-order valence-corrected chi connectivity index (χ2v) is 6.51. The van der Waals surface area contributed by atoms with Crippen molar-refractivity contribution in [3.8, 4) is 11.5 Å². The quantitative estimate of drug-likeness (QED) is 0.862. The number of urea groups is 1. The van der Waals surface area contributed by atoms with Crippen LogP contribution in [0.3, 0.4) is 0 Å². The highest BCUT2D eigenvalue weighted by molar-refractivity contribution is 5.74. The second kappa shape index (κ2) is 8.60. The van der Waals surface area contributed by atoms with Gasteiger partial charge < -0.3 is 19.7 Å². The Labute approximate surface area is 153 Å². The summed E-state index contributed by atoms with van der Waals surface area (Å²) in [6, 6.07) is 7.59. The maximum atomic E-state index is 12.4. The molecule has 140 valence electrons. The van der Waals surface area contributed by atoms with Gasteiger partial charge >= 0.3 is 6.03 Å². The number of piperidine rings is 1. The topological polar surface area (TPSA) is 68.6 Å². The molecule has 2 amide bonds. The first-order valence-electron chi connectivity index (χ1n) is 8.90. The van der Waals surface area contributed by atoms with Gasteiger partial charge in [-0.2, -0.15) is 5.10 Å². The van der Waals surface area contributed by atoms with E-state index in [-0.39, 0.29) is 6.03 Å². The molecule has 3 rings (SSSR count). The average molecular weight is 358 g/mol. The molecule has 0 unspecified atom stereocenters. The Morgan fingerprint density at radius 3 is 2.65 bits per heavy atom. The Morgan fingerprint density at radius 1 is 1.23 bits per heavy atom. The zero-order valence-electron chi connectivity index (χ0n) is 15.4. The van der Waals surface area contributed by atoms with Crippen LogP contribution < -0.4 is 14.8 Å². The number of amides is 2. The summed E-state index contributed by atoms with van der Waals surface area (Å²) in [6.45, 7) is 2.95. The minimum Gasteiger partial charge on any atom is -0.493 e. The maximum absolute atomic E-state index is 12.4. The summed E-state index contributed by atoms with van der Waals surface area (Å²) >= 11 is 0. The van der Waals surface area contributed by atoms with Gasteiger partial charge in [-0.1, -0.05) is 6.07 Å². The van der Waals surface area contributed by atoms with Crippen LogP contribution in [0, 0.1) is 5.92 Å². The molecule has 1 fully saturated rings. The van der Waals surface area contributed by atoms with E-state index in [4.69, 9.17) is 9.47 Å². The third kappa shape index (κ3) is 4.47. The summed E-state index contributed by atoms with van der Waals surface area (Å²) in [7, 11) is 3.21. The zero-order chi connectivity index (χ0) is 18.4. The first-order chi connectivity index (χ1) is 12.7. The number of rotatable bonds is 6. The standard InChI is InChI=1S/C19H26N4O3/c1-25-17-5-4-16(12-18(17)26-2)13-20-19(24)22-10-6-15(7-11-22)14-23-9-3-8-21-23/h3-5,8-9,12,15H,6-7,10-11,13-14H2,1-2H3,(H,20,24). The minimum absolute atomic E-state index is 0.0164. The summed E-state index contributed by atoms with van der Waals surface area (Å²) in [5.74, 6) is 1.92. The molecule has 0 aliphatic carbocycles. The van der Waals surface area contributed by atoms with Gasteiger partial charge in [-0.25, -0.2) is 4.79 Å². The van der Waals surface area contributed by atoms with Crippen LogP contribution in [0.4, 0.5) is 4.79 Å². The number of nitrogens with one attached hydrogen (secondary N) is 1. The number of methoxy groups -OCH3 is 2. The fraction of sp³-hybridized carbons (Fsp3) is 0.474. The Balaban J connectivity index is 1.46. The summed E-state index contributed by atoms with van der Waals surface area (Å²) in [5, 5.41) is 7.25. The number of aromatic nitrogens is 2. The van der Waals surface area contributed by atoms with E-state index < -0.39 is 0 Å². The predicted molar refractivity (Wildman–Crippen MR) is 98.3 cm³/mol. The predicted octanol–water partition coefficient (Wildman–Crippen LogP) is 2.52. The molecular weight excluding hydrogens is 332 g/mol. The van der Waals surface area contributed by atoms with Crippen LogP contribution in [0.1, 0.15) is 18.4 Å². The minimum atomic E-state index is -0.0164. The number of hydrogen-bond donors (Lipinski definition) is 1. The number of carbonyl (C=O) groups excluding carboxylic acids is 1. The van der Waals surface area contributed by atoms with Gasteiger partial charge in [0.05, 0.1) is 14.2 Å². The molecule has 26 heavy (non-hydrogen) atoms. The van der Waals surface area contributed by atoms with Gasteiger partial charge in [-0.3, -0.25) is 4.68 Å². The van der Waals surface area contributed by atoms with Crippen LogP contribution in [0.15, 0.2) is 36.7 Å². The molecule has 1 aromatic heterocycles. The van der Waals surface area contributed by atoms with Gasteiger partial charge in [0.15, 0.2) is 11.5 Å². The molecule has 2 heterocycles. The fourth-order valence-corrected chi connectivity index (χ4v) is 3.27. The lowest BCUT2D eigenvalue weighted by Gasteiger charge is -2.32. The number of nitrogens with zero attached hydrogens (tertiary/aromatic N) is 3. The van der Waals surface area contributed by atoms with Crippen molar-refractivity contribution in [2.24, 2.45) is 5.92 Å². The van der Waals surface area contributed by atoms with Crippen molar-refractivity contribution in [3.05, 3.63) is 42.2 Å². The van der Waals surface area contributed by atoms with Crippen molar-refractivity contribution in [1.82, 2.24) is 20.0 Å². The lowest BCUT2D eigenvalue weighted by atomic mass is 9.97. The van der Waals surface area contributed by atoms with Crippen LogP contribution in [0.5, 0.6) is 11.5 Å². The van der Waals surface area contributed by atoms with Crippen molar-refractivity contribution in [2.45, 2.75) is 25.9 Å². The molecular formula is C19H26N4O3. The van der Waals surface area contributed by atoms with E-state index in [1.54, 1.807) is 20.4 Å². The third-order valence-electron chi connectivity index (χ3n) is 4.80. The van der Waals surface area contributed by atoms with Gasteiger partial charge in [-0.05, 0) is 42.5 Å². The molecule has 1 N–H and O–H groups in total. The highest BCUT2D eigenvalue weighted by atomic mass is 16.5. The monoisotopic (exact) mass is 358 g/mol. The van der Waals surface area contributed by atoms with Crippen LogP contribution in [0.25, 0.3) is 0 Å². The molecule has 1 saturated heterocycles. The molecule has 1 aliphatic heterocycles. The van der Waals surface area contributed by atoms with Crippen molar-refractivity contribution in [2.75, 3.05) is 27.3 Å². The smallest absolute Gasteiger partial charge is 0.317 e. The van der Waals surface area contributed by atoms with E-state index in [0.29, 0.717) is 24.0 Å². The molecule has 0 spiro atoms. The summed E-state index contributed by atoms with van der Waals surface area (Å²) in [6.07, 6.45) is 5.80. The van der Waals surface area contributed by atoms with Gasteiger partial charge in [0.1, 0.15) is 0 Å². The number of likely N-dealkylation sites (tertiary alicyclic amines) is 1. The van der Waals surface area contributed by atoms with Crippen LogP contribution >= 0.6 is 0 Å². The Morgan fingerprint density at radius 2 is 2.00 bits per heavy atom. The number of carbonyl (C=O) groups is 1. The average Bonchev–Trinajstić information content (AvgIpc) is 3.19. The van der Waals surface area contributed by atoms with Crippen molar-refractivity contribution in [3.63, 3.8) is 0 Å². The lowest BCUT2D eigenvalue weighted by molar-refractivity contribution is 0.164. The van der Waals surface area contributed by atoms with E-state index in [1.165, 1.54) is 0 Å². The van der Waals surface area contributed by atoms with Gasteiger partial charge in [0.2, 0.25) is 0 Å². The highest BCUT2D eigenvalue weighted by Gasteiger charge is 2.23. The summed E-state index contributed by atoms with van der Waals surface area (Å²) < 4.78 is 12.5. The first kappa shape index (κ1) is 18.1. The molecule has 0 radical (unpaired) electrons. The number of benzene rings is 1. The van der Waals surface area contributed by atoms with E-state index in [1.807, 2.05) is 40.0 Å². The molecule has 0 saturated carbocycles. The number of ether oxygens (including phenoxy) is 2. The third-order valence-corrected chi connectivity index (χ3v) is 4.80. The van der Waals surface area contributed by atoms with Crippen LogP contribution in [0.2, 0.25) is 0 Å². The van der Waals surface area contributed by atoms with Crippen molar-refractivity contribution >= 4 is 6.03 Å². The summed E-state index contributed by atoms with van der Waals surface area (Å²) in [5.41, 5.74) is 0.976. The molecule has 0 atom stereocenters. The van der Waals surface area contributed by atoms with Crippen molar-refractivity contribution in [1.29, 1.82) is 0 Å². The molecule has 1 aliphatic rings. The zero-order valence-corrected chi connectivity index (χ0v) is 15.4. The largest absolute Gasteiger partial charge is 0.493 e. The maximum Gasteiger partial charge on any atom is 0.317 e. The van der Waals surface area contributed by atoms with E-state index in [2.05, 4.69) is 10.4 Å². The van der Waals surface area contributed by atoms with E-state index in [0.717, 1.165) is 38.0 Å². The molecule has 1 aromatic carbocycles. The van der Waals surface area contributed by atoms with Crippen molar-refractivity contribution < 1.29 is 14.3 Å².